The molecule has 0 radical (unpaired) electrons. The number of non-ortho nitro benzene ring substituents is 1. The van der Waals surface area contributed by atoms with Crippen LogP contribution in [0.4, 0.5) is 37.7 Å². The van der Waals surface area contributed by atoms with E-state index in [9.17, 15) is 41.3 Å². The zero-order valence-corrected chi connectivity index (χ0v) is 18.1. The Morgan fingerprint density at radius 3 is 2.39 bits per heavy atom. The van der Waals surface area contributed by atoms with Crippen LogP contribution in [0, 0.1) is 10.1 Å². The summed E-state index contributed by atoms with van der Waals surface area (Å²) in [4.78, 5) is 23.1. The zero-order valence-electron chi connectivity index (χ0n) is 18.1. The zero-order chi connectivity index (χ0) is 26.3. The molecule has 1 fully saturated rings. The van der Waals surface area contributed by atoms with Crippen LogP contribution in [0.25, 0.3) is 0 Å². The molecule has 1 aliphatic carbocycles. The number of nitrogens with zero attached hydrogens (tertiary/aromatic N) is 3. The fourth-order valence-electron chi connectivity index (χ4n) is 3.43. The maximum atomic E-state index is 13.1. The van der Waals surface area contributed by atoms with E-state index in [4.69, 9.17) is 4.74 Å². The molecule has 4 rings (SSSR count). The van der Waals surface area contributed by atoms with Crippen molar-refractivity contribution >= 4 is 17.3 Å². The number of amides is 1. The lowest BCUT2D eigenvalue weighted by atomic mass is 10.2. The Morgan fingerprint density at radius 1 is 1.06 bits per heavy atom. The van der Waals surface area contributed by atoms with Gasteiger partial charge in [-0.1, -0.05) is 6.07 Å². The number of hydrogen-bond acceptors (Lipinski definition) is 5. The third-order valence-corrected chi connectivity index (χ3v) is 5.17. The summed E-state index contributed by atoms with van der Waals surface area (Å²) in [5.41, 5.74) is -2.56. The summed E-state index contributed by atoms with van der Waals surface area (Å²) in [6.07, 6.45) is -8.02. The fraction of sp³-hybridized carbons (Fsp3) is 0.273. The highest BCUT2D eigenvalue weighted by Crippen LogP contribution is 2.42. The third-order valence-electron chi connectivity index (χ3n) is 5.17. The molecule has 8 nitrogen and oxygen atoms in total. The lowest BCUT2D eigenvalue weighted by Gasteiger charge is -2.12. The van der Waals surface area contributed by atoms with Gasteiger partial charge in [0.2, 0.25) is 5.91 Å². The van der Waals surface area contributed by atoms with Crippen LogP contribution in [0.5, 0.6) is 11.5 Å². The molecule has 0 bridgehead atoms. The van der Waals surface area contributed by atoms with Crippen LogP contribution >= 0.6 is 0 Å². The quantitative estimate of drug-likeness (QED) is 0.232. The van der Waals surface area contributed by atoms with Crippen LogP contribution in [0.3, 0.4) is 0 Å². The molecule has 0 spiro atoms. The number of nitro groups is 1. The van der Waals surface area contributed by atoms with Crippen molar-refractivity contribution < 1.29 is 40.8 Å². The van der Waals surface area contributed by atoms with Crippen molar-refractivity contribution in [1.82, 2.24) is 9.78 Å². The minimum Gasteiger partial charge on any atom is -0.457 e. The molecule has 0 unspecified atom stereocenters. The number of rotatable bonds is 7. The van der Waals surface area contributed by atoms with Crippen LogP contribution in [-0.4, -0.2) is 20.6 Å². The van der Waals surface area contributed by atoms with Crippen molar-refractivity contribution in [2.45, 2.75) is 37.7 Å². The Bertz CT molecular complexity index is 1310. The number of carbonyl (C=O) groups excluding carboxylic acids is 1. The number of alkyl halides is 6. The summed E-state index contributed by atoms with van der Waals surface area (Å²) in [5.74, 6) is -1.46. The Morgan fingerprint density at radius 2 is 1.78 bits per heavy atom. The molecule has 190 valence electrons. The van der Waals surface area contributed by atoms with Gasteiger partial charge < -0.3 is 10.1 Å². The van der Waals surface area contributed by atoms with E-state index in [0.717, 1.165) is 41.1 Å². The number of aromatic nitrogens is 2. The highest BCUT2D eigenvalue weighted by molar-refractivity contribution is 5.91. The predicted octanol–water partition coefficient (Wildman–Crippen LogP) is 6.14. The second-order valence-electron chi connectivity index (χ2n) is 8.03. The van der Waals surface area contributed by atoms with Gasteiger partial charge in [0.25, 0.3) is 5.69 Å². The minimum absolute atomic E-state index is 0.146. The van der Waals surface area contributed by atoms with Crippen LogP contribution in [0.15, 0.2) is 48.5 Å². The number of hydrogen-bond donors (Lipinski definition) is 1. The fourth-order valence-corrected chi connectivity index (χ4v) is 3.43. The van der Waals surface area contributed by atoms with Crippen molar-refractivity contribution in [3.05, 3.63) is 75.6 Å². The first kappa shape index (κ1) is 25.0. The van der Waals surface area contributed by atoms with Crippen molar-refractivity contribution in [3.8, 4) is 11.5 Å². The smallest absolute Gasteiger partial charge is 0.435 e. The topological polar surface area (TPSA) is 99.3 Å². The molecule has 0 atom stereocenters. The summed E-state index contributed by atoms with van der Waals surface area (Å²) in [7, 11) is 0. The molecule has 1 heterocycles. The summed E-state index contributed by atoms with van der Waals surface area (Å²) in [6.45, 7) is -0.589. The van der Waals surface area contributed by atoms with Gasteiger partial charge >= 0.3 is 12.4 Å². The highest BCUT2D eigenvalue weighted by Gasteiger charge is 2.38. The van der Waals surface area contributed by atoms with Gasteiger partial charge in [-0.05, 0) is 37.1 Å². The molecular formula is C22H16F6N4O4. The second-order valence-corrected chi connectivity index (χ2v) is 8.03. The summed E-state index contributed by atoms with van der Waals surface area (Å²) >= 11 is 0. The number of carbonyl (C=O) groups is 1. The minimum atomic E-state index is -4.69. The molecule has 36 heavy (non-hydrogen) atoms. The van der Waals surface area contributed by atoms with Gasteiger partial charge in [0.05, 0.1) is 22.2 Å². The Kier molecular flexibility index (Phi) is 6.37. The van der Waals surface area contributed by atoms with Crippen LogP contribution in [0.1, 0.15) is 35.7 Å². The van der Waals surface area contributed by atoms with E-state index >= 15 is 0 Å². The van der Waals surface area contributed by atoms with Gasteiger partial charge in [-0.3, -0.25) is 19.6 Å². The molecule has 1 aliphatic rings. The van der Waals surface area contributed by atoms with E-state index in [2.05, 4.69) is 10.4 Å². The van der Waals surface area contributed by atoms with E-state index in [1.807, 2.05) is 0 Å². The molecule has 1 amide bonds. The molecule has 1 aromatic heterocycles. The molecular weight excluding hydrogens is 498 g/mol. The summed E-state index contributed by atoms with van der Waals surface area (Å²) < 4.78 is 84.3. The van der Waals surface area contributed by atoms with Gasteiger partial charge in [-0.25, -0.2) is 0 Å². The first-order valence-corrected chi connectivity index (χ1v) is 10.4. The van der Waals surface area contributed by atoms with Crippen LogP contribution in [-0.2, 0) is 23.7 Å². The Hall–Kier alpha value is -4.10. The lowest BCUT2D eigenvalue weighted by Crippen LogP contribution is -2.21. The lowest BCUT2D eigenvalue weighted by molar-refractivity contribution is -0.384. The summed E-state index contributed by atoms with van der Waals surface area (Å²) in [5, 5.41) is 17.1. The van der Waals surface area contributed by atoms with Gasteiger partial charge in [-0.15, -0.1) is 0 Å². The van der Waals surface area contributed by atoms with E-state index < -0.39 is 46.7 Å². The molecule has 0 saturated heterocycles. The van der Waals surface area contributed by atoms with Gasteiger partial charge in [0.15, 0.2) is 5.69 Å². The average Bonchev–Trinajstić information content (AvgIpc) is 3.52. The Balaban J connectivity index is 1.55. The average molecular weight is 514 g/mol. The van der Waals surface area contributed by atoms with Crippen molar-refractivity contribution in [2.75, 3.05) is 5.32 Å². The molecule has 1 N–H and O–H groups in total. The highest BCUT2D eigenvalue weighted by atomic mass is 19.4. The van der Waals surface area contributed by atoms with Crippen LogP contribution < -0.4 is 10.1 Å². The monoisotopic (exact) mass is 514 g/mol. The first-order valence-electron chi connectivity index (χ1n) is 10.4. The van der Waals surface area contributed by atoms with Gasteiger partial charge in [0.1, 0.15) is 18.0 Å². The molecule has 2 aromatic carbocycles. The number of ether oxygens (including phenoxy) is 1. The van der Waals surface area contributed by atoms with E-state index in [0.29, 0.717) is 18.9 Å². The maximum absolute atomic E-state index is 13.1. The number of nitrogens with one attached hydrogen (secondary N) is 1. The Labute approximate surface area is 198 Å². The van der Waals surface area contributed by atoms with Gasteiger partial charge in [0, 0.05) is 23.7 Å². The number of anilines is 1. The third kappa shape index (κ3) is 5.93. The number of nitro benzene ring substituents is 1. The molecule has 14 heteroatoms. The SMILES string of the molecule is O=C(Cn1nc(C(F)(F)F)cc1C1CC1)Nc1cc(Oc2cccc(C(F)(F)F)c2)cc([N+](=O)[O-])c1. The number of benzene rings is 2. The number of halogens is 6. The molecule has 1 saturated carbocycles. The largest absolute Gasteiger partial charge is 0.457 e. The van der Waals surface area contributed by atoms with Crippen molar-refractivity contribution in [1.29, 1.82) is 0 Å². The second kappa shape index (κ2) is 9.17. The molecule has 3 aromatic rings. The van der Waals surface area contributed by atoms with E-state index in [-0.39, 0.29) is 28.8 Å². The predicted molar refractivity (Wildman–Crippen MR) is 112 cm³/mol. The van der Waals surface area contributed by atoms with Crippen molar-refractivity contribution in [2.24, 2.45) is 0 Å². The van der Waals surface area contributed by atoms with Crippen molar-refractivity contribution in [3.63, 3.8) is 0 Å². The van der Waals surface area contributed by atoms with E-state index in [1.165, 1.54) is 6.07 Å². The standard InChI is InChI=1S/C22H16F6N4O4/c23-21(24,25)13-2-1-3-16(6-13)36-17-8-14(7-15(9-17)32(34)35)29-20(33)11-31-18(12-4-5-12)10-19(30-31)22(26,27)28/h1-3,6-10,12H,4-5,11H2,(H,29,33). The normalized spacial score (nSPS) is 13.9. The van der Waals surface area contributed by atoms with E-state index in [1.54, 1.807) is 0 Å². The van der Waals surface area contributed by atoms with Crippen LogP contribution in [0.2, 0.25) is 0 Å². The maximum Gasteiger partial charge on any atom is 0.435 e. The van der Waals surface area contributed by atoms with Gasteiger partial charge in [-0.2, -0.15) is 31.4 Å². The molecule has 0 aliphatic heterocycles. The summed E-state index contributed by atoms with van der Waals surface area (Å²) in [6, 6.07) is 7.77. The first-order chi connectivity index (χ1) is 16.8.